The lowest BCUT2D eigenvalue weighted by Gasteiger charge is -2.10. The Morgan fingerprint density at radius 2 is 2.14 bits per heavy atom. The normalized spacial score (nSPS) is 10.6. The van der Waals surface area contributed by atoms with Crippen LogP contribution in [0.5, 0.6) is 0 Å². The highest BCUT2D eigenvalue weighted by atomic mass is 15.1. The number of aromatic nitrogens is 2. The molecule has 0 atom stereocenters. The van der Waals surface area contributed by atoms with Gasteiger partial charge in [0.15, 0.2) is 0 Å². The Hall–Kier alpha value is -1.16. The molecule has 78 valence electrons. The van der Waals surface area contributed by atoms with Gasteiger partial charge in [-0.3, -0.25) is 0 Å². The molecular formula is C10H18N4. The summed E-state index contributed by atoms with van der Waals surface area (Å²) < 4.78 is 0. The van der Waals surface area contributed by atoms with Gasteiger partial charge in [-0.25, -0.2) is 9.97 Å². The molecule has 0 aliphatic heterocycles. The summed E-state index contributed by atoms with van der Waals surface area (Å²) in [7, 11) is 1.82. The summed E-state index contributed by atoms with van der Waals surface area (Å²) in [5.41, 5.74) is 2.18. The number of hydrogen-bond acceptors (Lipinski definition) is 4. The summed E-state index contributed by atoms with van der Waals surface area (Å²) in [4.78, 5) is 8.48. The fourth-order valence-corrected chi connectivity index (χ4v) is 1.10. The number of nitrogens with one attached hydrogen (secondary N) is 2. The van der Waals surface area contributed by atoms with Gasteiger partial charge in [0.05, 0.1) is 0 Å². The van der Waals surface area contributed by atoms with Crippen molar-refractivity contribution in [3.05, 3.63) is 17.5 Å². The van der Waals surface area contributed by atoms with Crippen LogP contribution >= 0.6 is 0 Å². The predicted molar refractivity (Wildman–Crippen MR) is 58.3 cm³/mol. The molecule has 1 aromatic heterocycles. The quantitative estimate of drug-likeness (QED) is 0.759. The molecule has 2 N–H and O–H groups in total. The number of aryl methyl sites for hydroxylation is 1. The second-order valence-electron chi connectivity index (χ2n) is 3.59. The van der Waals surface area contributed by atoms with E-state index in [4.69, 9.17) is 0 Å². The lowest BCUT2D eigenvalue weighted by molar-refractivity contribution is 0.585. The van der Waals surface area contributed by atoms with Crippen LogP contribution in [-0.2, 0) is 6.54 Å². The molecule has 1 heterocycles. The molecule has 0 aliphatic carbocycles. The molecule has 0 amide bonds. The molecule has 0 unspecified atom stereocenters. The Labute approximate surface area is 85.2 Å². The molecule has 0 aliphatic rings. The van der Waals surface area contributed by atoms with E-state index in [9.17, 15) is 0 Å². The van der Waals surface area contributed by atoms with E-state index in [1.54, 1.807) is 0 Å². The summed E-state index contributed by atoms with van der Waals surface area (Å²) in [6, 6.07) is 0.485. The average molecular weight is 194 g/mol. The van der Waals surface area contributed by atoms with E-state index in [2.05, 4.69) is 34.4 Å². The number of anilines is 1. The van der Waals surface area contributed by atoms with Crippen LogP contribution in [0.25, 0.3) is 0 Å². The predicted octanol–water partition coefficient (Wildman–Crippen LogP) is 1.32. The Balaban J connectivity index is 2.69. The third-order valence-electron chi connectivity index (χ3n) is 2.01. The van der Waals surface area contributed by atoms with Crippen molar-refractivity contribution in [2.75, 3.05) is 12.4 Å². The molecule has 0 spiro atoms. The van der Waals surface area contributed by atoms with E-state index < -0.39 is 0 Å². The minimum absolute atomic E-state index is 0.485. The first kappa shape index (κ1) is 10.9. The highest BCUT2D eigenvalue weighted by Gasteiger charge is 2.02. The average Bonchev–Trinajstić information content (AvgIpc) is 2.15. The second-order valence-corrected chi connectivity index (χ2v) is 3.59. The maximum Gasteiger partial charge on any atom is 0.222 e. The summed E-state index contributed by atoms with van der Waals surface area (Å²) in [5, 5.41) is 6.26. The maximum absolute atomic E-state index is 4.31. The zero-order valence-corrected chi connectivity index (χ0v) is 9.26. The van der Waals surface area contributed by atoms with E-state index in [0.717, 1.165) is 17.8 Å². The molecule has 0 radical (unpaired) electrons. The molecule has 1 aromatic rings. The van der Waals surface area contributed by atoms with Gasteiger partial charge in [0.25, 0.3) is 0 Å². The lowest BCUT2D eigenvalue weighted by atomic mass is 10.2. The molecule has 14 heavy (non-hydrogen) atoms. The first-order valence-corrected chi connectivity index (χ1v) is 4.87. The Kier molecular flexibility index (Phi) is 3.83. The monoisotopic (exact) mass is 194 g/mol. The van der Waals surface area contributed by atoms with Crippen molar-refractivity contribution >= 4 is 5.95 Å². The summed E-state index contributed by atoms with van der Waals surface area (Å²) >= 11 is 0. The third-order valence-corrected chi connectivity index (χ3v) is 2.01. The minimum Gasteiger partial charge on any atom is -0.357 e. The fraction of sp³-hybridized carbons (Fsp3) is 0.600. The van der Waals surface area contributed by atoms with Crippen molar-refractivity contribution in [2.45, 2.75) is 33.4 Å². The van der Waals surface area contributed by atoms with Crippen LogP contribution in [0.3, 0.4) is 0 Å². The maximum atomic E-state index is 4.31. The van der Waals surface area contributed by atoms with Crippen LogP contribution in [0.2, 0.25) is 0 Å². The summed E-state index contributed by atoms with van der Waals surface area (Å²) in [6.45, 7) is 7.07. The van der Waals surface area contributed by atoms with E-state index >= 15 is 0 Å². The highest BCUT2D eigenvalue weighted by Crippen LogP contribution is 2.06. The topological polar surface area (TPSA) is 49.8 Å². The molecule has 4 nitrogen and oxygen atoms in total. The van der Waals surface area contributed by atoms with Gasteiger partial charge in [0.1, 0.15) is 0 Å². The summed E-state index contributed by atoms with van der Waals surface area (Å²) in [5.74, 6) is 0.677. The molecular weight excluding hydrogens is 176 g/mol. The molecule has 0 fully saturated rings. The van der Waals surface area contributed by atoms with Crippen LogP contribution in [0, 0.1) is 6.92 Å². The van der Waals surface area contributed by atoms with Crippen LogP contribution in [0.15, 0.2) is 6.20 Å². The van der Waals surface area contributed by atoms with E-state index in [1.165, 1.54) is 0 Å². The first-order chi connectivity index (χ1) is 6.63. The number of nitrogens with zero attached hydrogens (tertiary/aromatic N) is 2. The van der Waals surface area contributed by atoms with Gasteiger partial charge >= 0.3 is 0 Å². The largest absolute Gasteiger partial charge is 0.357 e. The van der Waals surface area contributed by atoms with Crippen LogP contribution < -0.4 is 10.6 Å². The minimum atomic E-state index is 0.485. The van der Waals surface area contributed by atoms with Gasteiger partial charge < -0.3 is 10.6 Å². The van der Waals surface area contributed by atoms with Gasteiger partial charge in [-0.1, -0.05) is 13.8 Å². The van der Waals surface area contributed by atoms with Gasteiger partial charge in [-0.05, 0) is 6.92 Å². The van der Waals surface area contributed by atoms with Crippen molar-refractivity contribution in [3.63, 3.8) is 0 Å². The highest BCUT2D eigenvalue weighted by molar-refractivity contribution is 5.28. The zero-order chi connectivity index (χ0) is 10.6. The smallest absolute Gasteiger partial charge is 0.222 e. The Bertz CT molecular complexity index is 296. The molecule has 0 aromatic carbocycles. The SMILES string of the molecule is CNc1ncc(CNC(C)C)c(C)n1. The number of hydrogen-bond donors (Lipinski definition) is 2. The van der Waals surface area contributed by atoms with Gasteiger partial charge in [0.2, 0.25) is 5.95 Å². The number of rotatable bonds is 4. The zero-order valence-electron chi connectivity index (χ0n) is 9.26. The summed E-state index contributed by atoms with van der Waals surface area (Å²) in [6.07, 6.45) is 1.86. The van der Waals surface area contributed by atoms with Crippen LogP contribution in [-0.4, -0.2) is 23.1 Å². The van der Waals surface area contributed by atoms with Crippen molar-refractivity contribution in [2.24, 2.45) is 0 Å². The van der Waals surface area contributed by atoms with Crippen molar-refractivity contribution in [1.29, 1.82) is 0 Å². The lowest BCUT2D eigenvalue weighted by Crippen LogP contribution is -2.22. The molecule has 0 bridgehead atoms. The molecule has 1 rings (SSSR count). The second kappa shape index (κ2) is 4.91. The van der Waals surface area contributed by atoms with Crippen molar-refractivity contribution in [1.82, 2.24) is 15.3 Å². The Morgan fingerprint density at radius 1 is 1.43 bits per heavy atom. The fourth-order valence-electron chi connectivity index (χ4n) is 1.10. The standard InChI is InChI=1S/C10H18N4/c1-7(2)12-5-9-6-13-10(11-4)14-8(9)3/h6-7,12H,5H2,1-4H3,(H,11,13,14). The molecule has 4 heteroatoms. The third kappa shape index (κ3) is 2.96. The van der Waals surface area contributed by atoms with E-state index in [0.29, 0.717) is 12.0 Å². The first-order valence-electron chi connectivity index (χ1n) is 4.87. The Morgan fingerprint density at radius 3 is 2.64 bits per heavy atom. The van der Waals surface area contributed by atoms with Crippen LogP contribution in [0.4, 0.5) is 5.95 Å². The molecule has 0 saturated carbocycles. The molecule has 0 saturated heterocycles. The van der Waals surface area contributed by atoms with Crippen LogP contribution in [0.1, 0.15) is 25.1 Å². The van der Waals surface area contributed by atoms with E-state index in [1.807, 2.05) is 20.2 Å². The van der Waals surface area contributed by atoms with Gasteiger partial charge in [-0.2, -0.15) is 0 Å². The van der Waals surface area contributed by atoms with Crippen molar-refractivity contribution in [3.8, 4) is 0 Å². The van der Waals surface area contributed by atoms with Crippen molar-refractivity contribution < 1.29 is 0 Å². The van der Waals surface area contributed by atoms with Gasteiger partial charge in [0, 0.05) is 37.1 Å². The van der Waals surface area contributed by atoms with E-state index in [-0.39, 0.29) is 0 Å². The van der Waals surface area contributed by atoms with Gasteiger partial charge in [-0.15, -0.1) is 0 Å².